The van der Waals surface area contributed by atoms with Gasteiger partial charge in [-0.3, -0.25) is 10.1 Å². The fourth-order valence-electron chi connectivity index (χ4n) is 1.87. The molecule has 0 bridgehead atoms. The third kappa shape index (κ3) is 3.82. The summed E-state index contributed by atoms with van der Waals surface area (Å²) in [5.41, 5.74) is 0.597. The van der Waals surface area contributed by atoms with Gasteiger partial charge in [-0.2, -0.15) is 0 Å². The Kier molecular flexibility index (Phi) is 4.80. The number of benzene rings is 2. The average Bonchev–Trinajstić information content (AvgIpc) is 2.47. The number of nitrogens with zero attached hydrogens (tertiary/aromatic N) is 1. The van der Waals surface area contributed by atoms with Gasteiger partial charge in [0.05, 0.1) is 9.82 Å². The van der Waals surface area contributed by atoms with Gasteiger partial charge in [-0.25, -0.2) is 13.1 Å². The molecule has 0 aliphatic carbocycles. The Morgan fingerprint density at radius 3 is 2.14 bits per heavy atom. The lowest BCUT2D eigenvalue weighted by atomic mass is 10.1. The van der Waals surface area contributed by atoms with Crippen molar-refractivity contribution < 1.29 is 13.3 Å². The largest absolute Gasteiger partial charge is 0.269 e. The van der Waals surface area contributed by atoms with E-state index in [0.29, 0.717) is 5.02 Å². The van der Waals surface area contributed by atoms with Crippen molar-refractivity contribution in [3.8, 4) is 0 Å². The highest BCUT2D eigenvalue weighted by Crippen LogP contribution is 2.20. The van der Waals surface area contributed by atoms with Crippen LogP contribution >= 0.6 is 11.6 Å². The van der Waals surface area contributed by atoms with Gasteiger partial charge in [0.1, 0.15) is 0 Å². The van der Waals surface area contributed by atoms with Crippen molar-refractivity contribution in [2.75, 3.05) is 0 Å². The molecule has 0 aliphatic heterocycles. The zero-order chi connectivity index (χ0) is 16.3. The first-order chi connectivity index (χ1) is 10.3. The van der Waals surface area contributed by atoms with Crippen LogP contribution in [0.5, 0.6) is 0 Å². The van der Waals surface area contributed by atoms with Crippen LogP contribution in [-0.2, 0) is 10.0 Å². The van der Waals surface area contributed by atoms with Crippen LogP contribution < -0.4 is 4.72 Å². The Balaban J connectivity index is 2.19. The second-order valence-corrected chi connectivity index (χ2v) is 6.80. The Hall–Kier alpha value is -1.96. The standard InChI is InChI=1S/C14H13ClN2O4S/c1-10(11-2-4-12(15)5-3-11)16-22(20,21)14-8-6-13(7-9-14)17(18)19/h2-10,16H,1H3. The maximum absolute atomic E-state index is 12.3. The highest BCUT2D eigenvalue weighted by atomic mass is 35.5. The van der Waals surface area contributed by atoms with E-state index in [9.17, 15) is 18.5 Å². The highest BCUT2D eigenvalue weighted by molar-refractivity contribution is 7.89. The lowest BCUT2D eigenvalue weighted by molar-refractivity contribution is -0.384. The zero-order valence-corrected chi connectivity index (χ0v) is 13.1. The average molecular weight is 341 g/mol. The molecule has 1 N–H and O–H groups in total. The van der Waals surface area contributed by atoms with Crippen molar-refractivity contribution in [3.63, 3.8) is 0 Å². The number of rotatable bonds is 5. The molecule has 6 nitrogen and oxygen atoms in total. The topological polar surface area (TPSA) is 89.3 Å². The van der Waals surface area contributed by atoms with Crippen molar-refractivity contribution in [2.24, 2.45) is 0 Å². The molecule has 0 aliphatic rings. The van der Waals surface area contributed by atoms with Crippen LogP contribution in [0.15, 0.2) is 53.4 Å². The van der Waals surface area contributed by atoms with Gasteiger partial charge < -0.3 is 0 Å². The molecule has 0 fully saturated rings. The third-order valence-electron chi connectivity index (χ3n) is 3.06. The second kappa shape index (κ2) is 6.43. The predicted molar refractivity (Wildman–Crippen MR) is 83.3 cm³/mol. The van der Waals surface area contributed by atoms with Crippen LogP contribution in [0.2, 0.25) is 5.02 Å². The van der Waals surface area contributed by atoms with E-state index in [0.717, 1.165) is 17.7 Å². The van der Waals surface area contributed by atoms with E-state index in [2.05, 4.69) is 4.72 Å². The summed E-state index contributed by atoms with van der Waals surface area (Å²) in [5.74, 6) is 0. The first-order valence-electron chi connectivity index (χ1n) is 6.32. The minimum atomic E-state index is -3.77. The summed E-state index contributed by atoms with van der Waals surface area (Å²) in [6.07, 6.45) is 0. The third-order valence-corrected chi connectivity index (χ3v) is 4.87. The second-order valence-electron chi connectivity index (χ2n) is 4.65. The minimum absolute atomic E-state index is 0.0288. The van der Waals surface area contributed by atoms with Gasteiger partial charge in [-0.05, 0) is 36.8 Å². The van der Waals surface area contributed by atoms with Crippen molar-refractivity contribution in [1.82, 2.24) is 4.72 Å². The van der Waals surface area contributed by atoms with Crippen molar-refractivity contribution in [1.29, 1.82) is 0 Å². The van der Waals surface area contributed by atoms with Gasteiger partial charge in [-0.1, -0.05) is 23.7 Å². The number of non-ortho nitro benzene ring substituents is 1. The summed E-state index contributed by atoms with van der Waals surface area (Å²) >= 11 is 5.79. The molecule has 8 heteroatoms. The molecule has 2 rings (SSSR count). The van der Waals surface area contributed by atoms with E-state index in [4.69, 9.17) is 11.6 Å². The van der Waals surface area contributed by atoms with Gasteiger partial charge in [-0.15, -0.1) is 0 Å². The molecule has 0 aromatic heterocycles. The molecule has 1 atom stereocenters. The van der Waals surface area contributed by atoms with Crippen molar-refractivity contribution >= 4 is 27.3 Å². The molecule has 0 saturated heterocycles. The molecule has 22 heavy (non-hydrogen) atoms. The summed E-state index contributed by atoms with van der Waals surface area (Å²) in [6, 6.07) is 11.1. The fraction of sp³-hybridized carbons (Fsp3) is 0.143. The number of sulfonamides is 1. The number of nitrogens with one attached hydrogen (secondary N) is 1. The summed E-state index contributed by atoms with van der Waals surface area (Å²) < 4.78 is 27.0. The molecule has 2 aromatic rings. The van der Waals surface area contributed by atoms with Gasteiger partial charge in [0.15, 0.2) is 0 Å². The van der Waals surface area contributed by atoms with E-state index in [1.807, 2.05) is 0 Å². The fourth-order valence-corrected chi connectivity index (χ4v) is 3.23. The number of hydrogen-bond acceptors (Lipinski definition) is 4. The van der Waals surface area contributed by atoms with Gasteiger partial charge in [0.25, 0.3) is 5.69 Å². The zero-order valence-electron chi connectivity index (χ0n) is 11.6. The molecule has 0 heterocycles. The lowest BCUT2D eigenvalue weighted by Crippen LogP contribution is -2.26. The van der Waals surface area contributed by atoms with Crippen LogP contribution in [-0.4, -0.2) is 13.3 Å². The predicted octanol–water partition coefficient (Wildman–Crippen LogP) is 3.29. The Morgan fingerprint density at radius 1 is 1.09 bits per heavy atom. The molecule has 1 unspecified atom stereocenters. The van der Waals surface area contributed by atoms with E-state index in [1.165, 1.54) is 12.1 Å². The molecule has 2 aromatic carbocycles. The van der Waals surface area contributed by atoms with Crippen LogP contribution in [0.1, 0.15) is 18.5 Å². The number of halogens is 1. The van der Waals surface area contributed by atoms with Crippen LogP contribution in [0.4, 0.5) is 5.69 Å². The molecule has 116 valence electrons. The quantitative estimate of drug-likeness (QED) is 0.668. The molecule has 0 amide bonds. The number of nitro groups is 1. The van der Waals surface area contributed by atoms with E-state index >= 15 is 0 Å². The molecule has 0 saturated carbocycles. The van der Waals surface area contributed by atoms with Crippen molar-refractivity contribution in [2.45, 2.75) is 17.9 Å². The molecular formula is C14H13ClN2O4S. The first kappa shape index (κ1) is 16.4. The van der Waals surface area contributed by atoms with E-state index in [1.54, 1.807) is 31.2 Å². The van der Waals surface area contributed by atoms with E-state index < -0.39 is 21.0 Å². The summed E-state index contributed by atoms with van der Waals surface area (Å²) in [4.78, 5) is 9.97. The summed E-state index contributed by atoms with van der Waals surface area (Å²) in [5, 5.41) is 11.1. The highest BCUT2D eigenvalue weighted by Gasteiger charge is 2.19. The Morgan fingerprint density at radius 2 is 1.64 bits per heavy atom. The lowest BCUT2D eigenvalue weighted by Gasteiger charge is -2.14. The molecular weight excluding hydrogens is 328 g/mol. The maximum Gasteiger partial charge on any atom is 0.269 e. The minimum Gasteiger partial charge on any atom is -0.258 e. The Bertz CT molecular complexity index is 773. The molecule has 0 radical (unpaired) electrons. The molecule has 0 spiro atoms. The van der Waals surface area contributed by atoms with Crippen molar-refractivity contribution in [3.05, 3.63) is 69.2 Å². The van der Waals surface area contributed by atoms with E-state index in [-0.39, 0.29) is 10.6 Å². The number of hydrogen-bond donors (Lipinski definition) is 1. The van der Waals surface area contributed by atoms with Crippen LogP contribution in [0.25, 0.3) is 0 Å². The monoisotopic (exact) mass is 340 g/mol. The normalized spacial score (nSPS) is 12.8. The SMILES string of the molecule is CC(NS(=O)(=O)c1ccc([N+](=O)[O-])cc1)c1ccc(Cl)cc1. The van der Waals surface area contributed by atoms with Crippen LogP contribution in [0.3, 0.4) is 0 Å². The van der Waals surface area contributed by atoms with Gasteiger partial charge in [0.2, 0.25) is 10.0 Å². The Labute approximate surface area is 132 Å². The summed E-state index contributed by atoms with van der Waals surface area (Å²) in [6.45, 7) is 1.70. The van der Waals surface area contributed by atoms with Gasteiger partial charge >= 0.3 is 0 Å². The van der Waals surface area contributed by atoms with Gasteiger partial charge in [0, 0.05) is 23.2 Å². The van der Waals surface area contributed by atoms with Crippen LogP contribution in [0, 0.1) is 10.1 Å². The maximum atomic E-state index is 12.3. The summed E-state index contributed by atoms with van der Waals surface area (Å²) in [7, 11) is -3.77. The smallest absolute Gasteiger partial charge is 0.258 e. The number of nitro benzene ring substituents is 1. The first-order valence-corrected chi connectivity index (χ1v) is 8.18.